The first kappa shape index (κ1) is 20.5. The van der Waals surface area contributed by atoms with Gasteiger partial charge in [0.05, 0.1) is 0 Å². The third-order valence-electron chi connectivity index (χ3n) is 5.63. The SMILES string of the molecule is O=C(NCc1cc(Br)ccc1F)C1CCN(C(=O)c2cccc3ccccc23)CC1. The zero-order valence-corrected chi connectivity index (χ0v) is 18.0. The number of fused-ring (bicyclic) bond motifs is 1. The van der Waals surface area contributed by atoms with E-state index >= 15 is 0 Å². The van der Waals surface area contributed by atoms with Crippen LogP contribution in [0.5, 0.6) is 0 Å². The van der Waals surface area contributed by atoms with Crippen molar-refractivity contribution in [1.82, 2.24) is 10.2 Å². The van der Waals surface area contributed by atoms with Crippen LogP contribution in [0.1, 0.15) is 28.8 Å². The second kappa shape index (κ2) is 8.96. The summed E-state index contributed by atoms with van der Waals surface area (Å²) in [5.41, 5.74) is 1.14. The van der Waals surface area contributed by atoms with E-state index < -0.39 is 0 Å². The van der Waals surface area contributed by atoms with Crippen LogP contribution in [-0.2, 0) is 11.3 Å². The first-order chi connectivity index (χ1) is 14.5. The summed E-state index contributed by atoms with van der Waals surface area (Å²) in [7, 11) is 0. The molecule has 1 N–H and O–H groups in total. The predicted molar refractivity (Wildman–Crippen MR) is 119 cm³/mol. The molecule has 0 spiro atoms. The van der Waals surface area contributed by atoms with Crippen molar-refractivity contribution < 1.29 is 14.0 Å². The van der Waals surface area contributed by atoms with Gasteiger partial charge in [-0.2, -0.15) is 0 Å². The molecule has 1 saturated heterocycles. The number of benzene rings is 3. The fourth-order valence-corrected chi connectivity index (χ4v) is 4.34. The Balaban J connectivity index is 1.35. The molecule has 6 heteroatoms. The highest BCUT2D eigenvalue weighted by atomic mass is 79.9. The second-order valence-electron chi connectivity index (χ2n) is 7.55. The van der Waals surface area contributed by atoms with Crippen molar-refractivity contribution in [2.75, 3.05) is 13.1 Å². The van der Waals surface area contributed by atoms with E-state index in [4.69, 9.17) is 0 Å². The Morgan fingerprint density at radius 3 is 2.57 bits per heavy atom. The van der Waals surface area contributed by atoms with Gasteiger partial charge in [0.2, 0.25) is 5.91 Å². The Hall–Kier alpha value is -2.73. The zero-order chi connectivity index (χ0) is 21.1. The summed E-state index contributed by atoms with van der Waals surface area (Å²) in [5, 5.41) is 4.82. The van der Waals surface area contributed by atoms with Crippen molar-refractivity contribution in [3.8, 4) is 0 Å². The number of nitrogens with one attached hydrogen (secondary N) is 1. The lowest BCUT2D eigenvalue weighted by molar-refractivity contribution is -0.126. The summed E-state index contributed by atoms with van der Waals surface area (Å²) >= 11 is 3.32. The van der Waals surface area contributed by atoms with Crippen molar-refractivity contribution in [2.45, 2.75) is 19.4 Å². The maximum atomic E-state index is 13.9. The van der Waals surface area contributed by atoms with Crippen molar-refractivity contribution in [1.29, 1.82) is 0 Å². The summed E-state index contributed by atoms with van der Waals surface area (Å²) in [6.45, 7) is 1.22. The minimum Gasteiger partial charge on any atom is -0.352 e. The van der Waals surface area contributed by atoms with Gasteiger partial charge in [-0.25, -0.2) is 4.39 Å². The number of nitrogens with zero attached hydrogens (tertiary/aromatic N) is 1. The molecule has 0 radical (unpaired) electrons. The first-order valence-electron chi connectivity index (χ1n) is 10.0. The second-order valence-corrected chi connectivity index (χ2v) is 8.46. The van der Waals surface area contributed by atoms with Gasteiger partial charge in [-0.1, -0.05) is 52.3 Å². The molecule has 4 rings (SSSR count). The molecule has 0 aromatic heterocycles. The van der Waals surface area contributed by atoms with Crippen LogP contribution in [-0.4, -0.2) is 29.8 Å². The maximum Gasteiger partial charge on any atom is 0.254 e. The van der Waals surface area contributed by atoms with Crippen molar-refractivity contribution in [3.63, 3.8) is 0 Å². The molecule has 3 aromatic rings. The van der Waals surface area contributed by atoms with E-state index in [1.54, 1.807) is 12.1 Å². The van der Waals surface area contributed by atoms with Crippen molar-refractivity contribution in [3.05, 3.63) is 82.1 Å². The summed E-state index contributed by atoms with van der Waals surface area (Å²) in [6.07, 6.45) is 1.20. The molecule has 0 saturated carbocycles. The molecular formula is C24H22BrFN2O2. The lowest BCUT2D eigenvalue weighted by Gasteiger charge is -2.31. The third kappa shape index (κ3) is 4.38. The van der Waals surface area contributed by atoms with E-state index in [2.05, 4.69) is 21.2 Å². The molecule has 1 fully saturated rings. The van der Waals surface area contributed by atoms with Gasteiger partial charge in [-0.05, 0) is 47.9 Å². The van der Waals surface area contributed by atoms with Crippen LogP contribution in [0.3, 0.4) is 0 Å². The van der Waals surface area contributed by atoms with E-state index in [1.165, 1.54) is 6.07 Å². The predicted octanol–water partition coefficient (Wildman–Crippen LogP) is 4.91. The van der Waals surface area contributed by atoms with Crippen LogP contribution in [0.2, 0.25) is 0 Å². The summed E-state index contributed by atoms with van der Waals surface area (Å²) in [4.78, 5) is 27.4. The minimum atomic E-state index is -0.339. The van der Waals surface area contributed by atoms with Gasteiger partial charge in [0.1, 0.15) is 5.82 Å². The van der Waals surface area contributed by atoms with E-state index in [-0.39, 0.29) is 30.1 Å². The average molecular weight is 469 g/mol. The highest BCUT2D eigenvalue weighted by Crippen LogP contribution is 2.24. The molecule has 1 heterocycles. The number of rotatable bonds is 4. The van der Waals surface area contributed by atoms with Crippen LogP contribution in [0.15, 0.2) is 65.1 Å². The Kier molecular flexibility index (Phi) is 6.13. The van der Waals surface area contributed by atoms with E-state index in [0.717, 1.165) is 15.2 Å². The molecule has 1 aliphatic rings. The number of likely N-dealkylation sites (tertiary alicyclic amines) is 1. The quantitative estimate of drug-likeness (QED) is 0.591. The number of hydrogen-bond acceptors (Lipinski definition) is 2. The zero-order valence-electron chi connectivity index (χ0n) is 16.4. The maximum absolute atomic E-state index is 13.9. The number of halogens is 2. The highest BCUT2D eigenvalue weighted by molar-refractivity contribution is 9.10. The van der Waals surface area contributed by atoms with Gasteiger partial charge in [0, 0.05) is 41.2 Å². The van der Waals surface area contributed by atoms with Crippen LogP contribution in [0.25, 0.3) is 10.8 Å². The Bertz CT molecular complexity index is 1090. The van der Waals surface area contributed by atoms with E-state index in [0.29, 0.717) is 37.1 Å². The fourth-order valence-electron chi connectivity index (χ4n) is 3.93. The number of carbonyl (C=O) groups is 2. The lowest BCUT2D eigenvalue weighted by Crippen LogP contribution is -2.43. The van der Waals surface area contributed by atoms with Gasteiger partial charge in [0.15, 0.2) is 0 Å². The van der Waals surface area contributed by atoms with Crippen LogP contribution >= 0.6 is 15.9 Å². The molecular weight excluding hydrogens is 447 g/mol. The molecule has 30 heavy (non-hydrogen) atoms. The van der Waals surface area contributed by atoms with E-state index in [1.807, 2.05) is 47.4 Å². The molecule has 1 aliphatic heterocycles. The van der Waals surface area contributed by atoms with Gasteiger partial charge in [0.25, 0.3) is 5.91 Å². The normalized spacial score (nSPS) is 14.7. The molecule has 154 valence electrons. The monoisotopic (exact) mass is 468 g/mol. The van der Waals surface area contributed by atoms with Gasteiger partial charge in [-0.15, -0.1) is 0 Å². The van der Waals surface area contributed by atoms with Gasteiger partial charge >= 0.3 is 0 Å². The lowest BCUT2D eigenvalue weighted by atomic mass is 9.94. The van der Waals surface area contributed by atoms with Crippen LogP contribution < -0.4 is 5.32 Å². The topological polar surface area (TPSA) is 49.4 Å². The molecule has 0 unspecified atom stereocenters. The summed E-state index contributed by atoms with van der Waals surface area (Å²) in [6, 6.07) is 18.3. The molecule has 4 nitrogen and oxygen atoms in total. The van der Waals surface area contributed by atoms with Gasteiger partial charge < -0.3 is 10.2 Å². The number of amides is 2. The number of piperidine rings is 1. The average Bonchev–Trinajstić information content (AvgIpc) is 2.78. The Labute approximate surface area is 183 Å². The molecule has 3 aromatic carbocycles. The number of hydrogen-bond donors (Lipinski definition) is 1. The summed E-state index contributed by atoms with van der Waals surface area (Å²) < 4.78 is 14.6. The van der Waals surface area contributed by atoms with Crippen LogP contribution in [0.4, 0.5) is 4.39 Å². The molecule has 0 atom stereocenters. The Morgan fingerprint density at radius 1 is 1.03 bits per heavy atom. The standard InChI is InChI=1S/C24H22BrFN2O2/c25-19-8-9-22(26)18(14-19)15-27-23(29)17-10-12-28(13-11-17)24(30)21-7-3-5-16-4-1-2-6-20(16)21/h1-9,14,17H,10-13,15H2,(H,27,29). The van der Waals surface area contributed by atoms with Crippen molar-refractivity contribution >= 4 is 38.5 Å². The largest absolute Gasteiger partial charge is 0.352 e. The third-order valence-corrected chi connectivity index (χ3v) is 6.13. The van der Waals surface area contributed by atoms with Crippen LogP contribution in [0, 0.1) is 11.7 Å². The first-order valence-corrected chi connectivity index (χ1v) is 10.8. The smallest absolute Gasteiger partial charge is 0.254 e. The van der Waals surface area contributed by atoms with Gasteiger partial charge in [-0.3, -0.25) is 9.59 Å². The highest BCUT2D eigenvalue weighted by Gasteiger charge is 2.28. The fraction of sp³-hybridized carbons (Fsp3) is 0.250. The van der Waals surface area contributed by atoms with Crippen molar-refractivity contribution in [2.24, 2.45) is 5.92 Å². The molecule has 0 aliphatic carbocycles. The number of carbonyl (C=O) groups excluding carboxylic acids is 2. The molecule has 0 bridgehead atoms. The minimum absolute atomic E-state index is 0.00173. The van der Waals surface area contributed by atoms with E-state index in [9.17, 15) is 14.0 Å². The summed E-state index contributed by atoms with van der Waals surface area (Å²) in [5.74, 6) is -0.598. The molecule has 2 amide bonds. The Morgan fingerprint density at radius 2 is 1.77 bits per heavy atom.